The fourth-order valence-corrected chi connectivity index (χ4v) is 2.50. The van der Waals surface area contributed by atoms with Gasteiger partial charge in [-0.15, -0.1) is 0 Å². The molecule has 0 spiro atoms. The van der Waals surface area contributed by atoms with E-state index in [1.54, 1.807) is 0 Å². The van der Waals surface area contributed by atoms with Crippen molar-refractivity contribution in [2.75, 3.05) is 6.61 Å². The van der Waals surface area contributed by atoms with Gasteiger partial charge in [-0.2, -0.15) is 0 Å². The Morgan fingerprint density at radius 2 is 1.90 bits per heavy atom. The number of benzene rings is 1. The van der Waals surface area contributed by atoms with E-state index >= 15 is 0 Å². The summed E-state index contributed by atoms with van der Waals surface area (Å²) in [4.78, 5) is 0. The van der Waals surface area contributed by atoms with Gasteiger partial charge in [0.2, 0.25) is 0 Å². The van der Waals surface area contributed by atoms with Crippen LogP contribution >= 0.6 is 31.9 Å². The molecule has 0 amide bonds. The molecule has 0 aromatic heterocycles. The Kier molecular flexibility index (Phi) is 10.3. The Morgan fingerprint density at radius 1 is 1.15 bits per heavy atom. The number of allylic oxidation sites excluding steroid dienone is 1. The lowest BCUT2D eigenvalue weighted by atomic mass is 10.0. The van der Waals surface area contributed by atoms with Gasteiger partial charge >= 0.3 is 0 Å². The Balaban J connectivity index is 1.97. The predicted molar refractivity (Wildman–Crippen MR) is 94.3 cm³/mol. The van der Waals surface area contributed by atoms with Gasteiger partial charge in [0.1, 0.15) is 0 Å². The van der Waals surface area contributed by atoms with E-state index in [0.29, 0.717) is 0 Å². The van der Waals surface area contributed by atoms with Crippen molar-refractivity contribution in [1.82, 2.24) is 0 Å². The third-order valence-electron chi connectivity index (χ3n) is 3.32. The highest BCUT2D eigenvalue weighted by Gasteiger charge is 2.02. The Morgan fingerprint density at radius 3 is 2.60 bits per heavy atom. The van der Waals surface area contributed by atoms with E-state index in [9.17, 15) is 0 Å². The zero-order valence-electron chi connectivity index (χ0n) is 12.2. The van der Waals surface area contributed by atoms with Gasteiger partial charge in [0, 0.05) is 6.61 Å². The second kappa shape index (κ2) is 11.5. The first-order chi connectivity index (χ1) is 9.68. The molecular formula is C17H24Br2O. The van der Waals surface area contributed by atoms with Crippen LogP contribution in [0.4, 0.5) is 0 Å². The molecule has 0 fully saturated rings. The summed E-state index contributed by atoms with van der Waals surface area (Å²) < 4.78 is 6.79. The molecule has 0 bridgehead atoms. The van der Waals surface area contributed by atoms with Crippen molar-refractivity contribution in [3.63, 3.8) is 0 Å². The lowest BCUT2D eigenvalue weighted by Crippen LogP contribution is -2.02. The third kappa shape index (κ3) is 9.73. The molecule has 0 aliphatic heterocycles. The van der Waals surface area contributed by atoms with Gasteiger partial charge in [0.05, 0.1) is 10.00 Å². The first kappa shape index (κ1) is 17.9. The van der Waals surface area contributed by atoms with Gasteiger partial charge in [0.15, 0.2) is 0 Å². The molecule has 0 aliphatic carbocycles. The number of unbranched alkanes of at least 4 members (excludes halogenated alkanes) is 2. The van der Waals surface area contributed by atoms with Crippen LogP contribution in [-0.2, 0) is 11.3 Å². The maximum atomic E-state index is 5.73. The van der Waals surface area contributed by atoms with Crippen LogP contribution in [0.15, 0.2) is 39.8 Å². The topological polar surface area (TPSA) is 9.23 Å². The van der Waals surface area contributed by atoms with E-state index in [-0.39, 0.29) is 0 Å². The number of halogens is 2. The maximum absolute atomic E-state index is 5.73. The molecule has 0 heterocycles. The van der Waals surface area contributed by atoms with Crippen LogP contribution in [0.1, 0.15) is 44.6 Å². The van der Waals surface area contributed by atoms with Gasteiger partial charge in [-0.1, -0.05) is 56.2 Å². The van der Waals surface area contributed by atoms with Crippen LogP contribution in [-0.4, -0.2) is 6.61 Å². The molecule has 1 aromatic carbocycles. The Labute approximate surface area is 140 Å². The fourth-order valence-electron chi connectivity index (χ4n) is 2.04. The van der Waals surface area contributed by atoms with Crippen molar-refractivity contribution in [3.8, 4) is 0 Å². The minimum Gasteiger partial charge on any atom is -0.377 e. The van der Waals surface area contributed by atoms with Crippen LogP contribution in [0.25, 0.3) is 0 Å². The van der Waals surface area contributed by atoms with E-state index in [1.165, 1.54) is 24.8 Å². The molecule has 0 N–H and O–H groups in total. The lowest BCUT2D eigenvalue weighted by molar-refractivity contribution is 0.108. The highest BCUT2D eigenvalue weighted by molar-refractivity contribution is 9.28. The smallest absolute Gasteiger partial charge is 0.0716 e. The van der Waals surface area contributed by atoms with Crippen LogP contribution in [0.3, 0.4) is 0 Å². The number of rotatable bonds is 10. The van der Waals surface area contributed by atoms with Crippen molar-refractivity contribution in [2.45, 2.75) is 45.6 Å². The van der Waals surface area contributed by atoms with Gasteiger partial charge < -0.3 is 4.74 Å². The van der Waals surface area contributed by atoms with Crippen LogP contribution in [0.2, 0.25) is 0 Å². The zero-order valence-corrected chi connectivity index (χ0v) is 15.3. The summed E-state index contributed by atoms with van der Waals surface area (Å²) in [5.41, 5.74) is 1.26. The van der Waals surface area contributed by atoms with Crippen molar-refractivity contribution < 1.29 is 4.74 Å². The van der Waals surface area contributed by atoms with Crippen LogP contribution in [0.5, 0.6) is 0 Å². The standard InChI is InChI=1S/C17H24Br2O/c1-15(8-4-2-7-11-17(18)19)12-13-20-14-16-9-5-3-6-10-16/h3,5-6,9-11,15H,2,4,7-8,12-14H2,1H3/t15-/m1/s1. The first-order valence-corrected chi connectivity index (χ1v) is 8.90. The third-order valence-corrected chi connectivity index (χ3v) is 3.96. The summed E-state index contributed by atoms with van der Waals surface area (Å²) in [6.07, 6.45) is 8.32. The number of hydrogen-bond donors (Lipinski definition) is 0. The highest BCUT2D eigenvalue weighted by Crippen LogP contribution is 2.17. The molecule has 0 saturated heterocycles. The second-order valence-electron chi connectivity index (χ2n) is 5.21. The molecule has 1 rings (SSSR count). The van der Waals surface area contributed by atoms with Gasteiger partial charge in [-0.25, -0.2) is 0 Å². The summed E-state index contributed by atoms with van der Waals surface area (Å²) in [6.45, 7) is 3.92. The molecule has 0 unspecified atom stereocenters. The quantitative estimate of drug-likeness (QED) is 0.409. The number of hydrogen-bond acceptors (Lipinski definition) is 1. The highest BCUT2D eigenvalue weighted by atomic mass is 79.9. The van der Waals surface area contributed by atoms with Crippen molar-refractivity contribution in [2.24, 2.45) is 5.92 Å². The molecule has 0 radical (unpaired) electrons. The van der Waals surface area contributed by atoms with Gasteiger partial charge in [-0.3, -0.25) is 0 Å². The Hall–Kier alpha value is -0.120. The predicted octanol–water partition coefficient (Wildman–Crippen LogP) is 6.42. The summed E-state index contributed by atoms with van der Waals surface area (Å²) in [5.74, 6) is 0.752. The molecule has 1 aromatic rings. The van der Waals surface area contributed by atoms with E-state index < -0.39 is 0 Å². The van der Waals surface area contributed by atoms with Gasteiger partial charge in [0.25, 0.3) is 0 Å². The van der Waals surface area contributed by atoms with E-state index in [4.69, 9.17) is 4.74 Å². The Bertz CT molecular complexity index is 372. The average molecular weight is 404 g/mol. The minimum absolute atomic E-state index is 0.734. The molecule has 0 saturated carbocycles. The van der Waals surface area contributed by atoms with E-state index in [1.807, 2.05) is 6.07 Å². The van der Waals surface area contributed by atoms with Crippen molar-refractivity contribution in [1.29, 1.82) is 0 Å². The summed E-state index contributed by atoms with van der Waals surface area (Å²) in [7, 11) is 0. The molecule has 0 aliphatic rings. The summed E-state index contributed by atoms with van der Waals surface area (Å²) in [5, 5.41) is 0. The lowest BCUT2D eigenvalue weighted by Gasteiger charge is -2.11. The first-order valence-electron chi connectivity index (χ1n) is 7.31. The van der Waals surface area contributed by atoms with Crippen LogP contribution < -0.4 is 0 Å². The van der Waals surface area contributed by atoms with Crippen LogP contribution in [0, 0.1) is 5.92 Å². The van der Waals surface area contributed by atoms with Crippen molar-refractivity contribution >= 4 is 31.9 Å². The van der Waals surface area contributed by atoms with Gasteiger partial charge in [-0.05, 0) is 62.6 Å². The monoisotopic (exact) mass is 402 g/mol. The zero-order chi connectivity index (χ0) is 14.6. The van der Waals surface area contributed by atoms with Crippen molar-refractivity contribution in [3.05, 3.63) is 45.4 Å². The van der Waals surface area contributed by atoms with E-state index in [2.05, 4.69) is 69.1 Å². The average Bonchev–Trinajstić information content (AvgIpc) is 2.44. The molecule has 112 valence electrons. The number of ether oxygens (including phenoxy) is 1. The largest absolute Gasteiger partial charge is 0.377 e. The van der Waals surface area contributed by atoms with E-state index in [0.717, 1.165) is 35.4 Å². The minimum atomic E-state index is 0.734. The molecule has 3 heteroatoms. The fraction of sp³-hybridized carbons (Fsp3) is 0.529. The molecule has 20 heavy (non-hydrogen) atoms. The summed E-state index contributed by atoms with van der Waals surface area (Å²) >= 11 is 6.76. The molecule has 1 nitrogen and oxygen atoms in total. The SMILES string of the molecule is C[C@H](CCCCC=C(Br)Br)CCOCc1ccccc1. The normalized spacial score (nSPS) is 12.2. The molecule has 1 atom stereocenters. The maximum Gasteiger partial charge on any atom is 0.0716 e. The molecular weight excluding hydrogens is 380 g/mol. The summed E-state index contributed by atoms with van der Waals surface area (Å²) in [6, 6.07) is 10.4. The second-order valence-corrected chi connectivity index (χ2v) is 7.98.